The highest BCUT2D eigenvalue weighted by Crippen LogP contribution is 2.25. The molecule has 2 N–H and O–H groups in total. The first-order chi connectivity index (χ1) is 15.0. The van der Waals surface area contributed by atoms with Crippen LogP contribution in [0, 0.1) is 5.82 Å². The van der Waals surface area contributed by atoms with Gasteiger partial charge >= 0.3 is 6.03 Å². The number of imide groups is 1. The van der Waals surface area contributed by atoms with E-state index in [0.717, 1.165) is 17.5 Å². The number of hydrogen-bond acceptors (Lipinski definition) is 4. The lowest BCUT2D eigenvalue weighted by Gasteiger charge is -2.46. The molecule has 2 aliphatic rings. The molecule has 0 spiro atoms. The molecule has 0 saturated carbocycles. The normalized spacial score (nSPS) is 21.1. The number of nitrogens with zero attached hydrogens (tertiary/aromatic N) is 2. The predicted molar refractivity (Wildman–Crippen MR) is 112 cm³/mol. The lowest BCUT2D eigenvalue weighted by Crippen LogP contribution is -2.70. The molecule has 2 atom stereocenters. The van der Waals surface area contributed by atoms with Crippen LogP contribution in [0.2, 0.25) is 0 Å². The number of carbonyl (C=O) groups excluding carboxylic acids is 3. The number of carbonyl (C=O) groups is 3. The molecule has 2 fully saturated rings. The van der Waals surface area contributed by atoms with Crippen molar-refractivity contribution in [1.82, 2.24) is 20.4 Å². The van der Waals surface area contributed by atoms with Crippen LogP contribution in [-0.4, -0.2) is 52.8 Å². The van der Waals surface area contributed by atoms with Gasteiger partial charge in [-0.3, -0.25) is 14.5 Å². The quantitative estimate of drug-likeness (QED) is 0.744. The van der Waals surface area contributed by atoms with E-state index in [-0.39, 0.29) is 43.3 Å². The summed E-state index contributed by atoms with van der Waals surface area (Å²) in [6.45, 7) is 0.962. The van der Waals surface area contributed by atoms with Gasteiger partial charge in [-0.05, 0) is 42.6 Å². The Morgan fingerprint density at radius 2 is 1.81 bits per heavy atom. The molecule has 7 nitrogen and oxygen atoms in total. The van der Waals surface area contributed by atoms with Crippen molar-refractivity contribution >= 4 is 17.8 Å². The fraction of sp³-hybridized carbons (Fsp3) is 0.348. The first kappa shape index (κ1) is 21.0. The van der Waals surface area contributed by atoms with Gasteiger partial charge in [-0.2, -0.15) is 0 Å². The second-order valence-electron chi connectivity index (χ2n) is 7.87. The lowest BCUT2D eigenvalue weighted by molar-refractivity contribution is -0.139. The van der Waals surface area contributed by atoms with E-state index in [1.54, 1.807) is 12.1 Å². The van der Waals surface area contributed by atoms with Gasteiger partial charge < -0.3 is 15.5 Å². The maximum Gasteiger partial charge on any atom is 0.327 e. The Hall–Kier alpha value is -3.26. The summed E-state index contributed by atoms with van der Waals surface area (Å²) in [6.07, 6.45) is 1.49. The van der Waals surface area contributed by atoms with Gasteiger partial charge in [0, 0.05) is 6.54 Å². The van der Waals surface area contributed by atoms with Crippen LogP contribution in [0.3, 0.4) is 0 Å². The number of piperidine rings is 1. The summed E-state index contributed by atoms with van der Waals surface area (Å²) in [5.74, 6) is -0.912. The first-order valence-corrected chi connectivity index (χ1v) is 10.4. The van der Waals surface area contributed by atoms with E-state index in [4.69, 9.17) is 0 Å². The van der Waals surface area contributed by atoms with E-state index < -0.39 is 12.1 Å². The third-order valence-electron chi connectivity index (χ3n) is 5.74. The highest BCUT2D eigenvalue weighted by Gasteiger charge is 2.47. The monoisotopic (exact) mass is 424 g/mol. The third-order valence-corrected chi connectivity index (χ3v) is 5.74. The van der Waals surface area contributed by atoms with Gasteiger partial charge in [0.15, 0.2) is 0 Å². The van der Waals surface area contributed by atoms with Crippen LogP contribution in [-0.2, 0) is 22.7 Å². The maximum atomic E-state index is 13.2. The number of benzene rings is 2. The fourth-order valence-corrected chi connectivity index (χ4v) is 4.13. The average Bonchev–Trinajstić information content (AvgIpc) is 2.80. The largest absolute Gasteiger partial charge is 0.350 e. The molecule has 0 radical (unpaired) electrons. The molecule has 8 heteroatoms. The van der Waals surface area contributed by atoms with Crippen molar-refractivity contribution in [2.24, 2.45) is 0 Å². The molecule has 2 aromatic carbocycles. The van der Waals surface area contributed by atoms with Gasteiger partial charge in [-0.15, -0.1) is 0 Å². The van der Waals surface area contributed by atoms with E-state index in [1.165, 1.54) is 21.9 Å². The Bertz CT molecular complexity index is 951. The van der Waals surface area contributed by atoms with Crippen molar-refractivity contribution in [2.75, 3.05) is 13.1 Å². The Morgan fingerprint density at radius 1 is 1.06 bits per heavy atom. The van der Waals surface area contributed by atoms with E-state index in [2.05, 4.69) is 10.6 Å². The summed E-state index contributed by atoms with van der Waals surface area (Å²) in [6, 6.07) is 13.9. The SMILES string of the molecule is O=C(CN1C(=O)N(Cc2ccccc2)C(=O)C2NCCCC21)NCc1ccc(F)cc1. The molecule has 0 aliphatic carbocycles. The summed E-state index contributed by atoms with van der Waals surface area (Å²) in [5, 5.41) is 6.00. The van der Waals surface area contributed by atoms with E-state index in [0.29, 0.717) is 13.0 Å². The van der Waals surface area contributed by atoms with Gasteiger partial charge in [0.2, 0.25) is 11.8 Å². The van der Waals surface area contributed by atoms with Gasteiger partial charge in [0.05, 0.1) is 12.6 Å². The summed E-state index contributed by atoms with van der Waals surface area (Å²) < 4.78 is 13.1. The van der Waals surface area contributed by atoms with Crippen LogP contribution in [0.4, 0.5) is 9.18 Å². The summed E-state index contributed by atoms with van der Waals surface area (Å²) in [7, 11) is 0. The molecule has 0 bridgehead atoms. The Morgan fingerprint density at radius 3 is 2.55 bits per heavy atom. The van der Waals surface area contributed by atoms with Gasteiger partial charge in [0.1, 0.15) is 18.4 Å². The number of hydrogen-bond donors (Lipinski definition) is 2. The van der Waals surface area contributed by atoms with E-state index in [9.17, 15) is 18.8 Å². The Labute approximate surface area is 180 Å². The van der Waals surface area contributed by atoms with Crippen LogP contribution in [0.25, 0.3) is 0 Å². The van der Waals surface area contributed by atoms with Crippen LogP contribution in [0.5, 0.6) is 0 Å². The van der Waals surface area contributed by atoms with Gasteiger partial charge in [-0.25, -0.2) is 9.18 Å². The molecule has 2 saturated heterocycles. The predicted octanol–water partition coefficient (Wildman–Crippen LogP) is 2.03. The van der Waals surface area contributed by atoms with Gasteiger partial charge in [0.25, 0.3) is 0 Å². The number of urea groups is 1. The number of halogens is 1. The van der Waals surface area contributed by atoms with Crippen molar-refractivity contribution in [3.05, 3.63) is 71.5 Å². The van der Waals surface area contributed by atoms with Gasteiger partial charge in [-0.1, -0.05) is 42.5 Å². The molecular weight excluding hydrogens is 399 g/mol. The molecule has 2 aromatic rings. The molecular formula is C23H25FN4O3. The minimum Gasteiger partial charge on any atom is -0.350 e. The van der Waals surface area contributed by atoms with Crippen molar-refractivity contribution in [2.45, 2.75) is 38.0 Å². The van der Waals surface area contributed by atoms with Crippen LogP contribution >= 0.6 is 0 Å². The van der Waals surface area contributed by atoms with Crippen LogP contribution in [0.15, 0.2) is 54.6 Å². The fourth-order valence-electron chi connectivity index (χ4n) is 4.13. The van der Waals surface area contributed by atoms with Crippen molar-refractivity contribution in [3.8, 4) is 0 Å². The number of amides is 4. The topological polar surface area (TPSA) is 81.8 Å². The Kier molecular flexibility index (Phi) is 6.27. The summed E-state index contributed by atoms with van der Waals surface area (Å²) in [4.78, 5) is 41.6. The van der Waals surface area contributed by atoms with Crippen LogP contribution in [0.1, 0.15) is 24.0 Å². The summed E-state index contributed by atoms with van der Waals surface area (Å²) >= 11 is 0. The minimum absolute atomic E-state index is 0.137. The average molecular weight is 424 g/mol. The molecule has 162 valence electrons. The van der Waals surface area contributed by atoms with Crippen molar-refractivity contribution in [3.63, 3.8) is 0 Å². The van der Waals surface area contributed by atoms with E-state index in [1.807, 2.05) is 30.3 Å². The van der Waals surface area contributed by atoms with Crippen molar-refractivity contribution < 1.29 is 18.8 Å². The molecule has 4 rings (SSSR count). The van der Waals surface area contributed by atoms with E-state index >= 15 is 0 Å². The Balaban J connectivity index is 1.47. The molecule has 2 heterocycles. The zero-order valence-corrected chi connectivity index (χ0v) is 17.1. The first-order valence-electron chi connectivity index (χ1n) is 10.4. The molecule has 2 unspecified atom stereocenters. The summed E-state index contributed by atoms with van der Waals surface area (Å²) in [5.41, 5.74) is 1.61. The molecule has 2 aliphatic heterocycles. The zero-order chi connectivity index (χ0) is 21.8. The molecule has 31 heavy (non-hydrogen) atoms. The smallest absolute Gasteiger partial charge is 0.327 e. The molecule has 4 amide bonds. The van der Waals surface area contributed by atoms with Crippen molar-refractivity contribution in [1.29, 1.82) is 0 Å². The maximum absolute atomic E-state index is 13.2. The second-order valence-corrected chi connectivity index (χ2v) is 7.87. The van der Waals surface area contributed by atoms with Crippen LogP contribution < -0.4 is 10.6 Å². The third kappa shape index (κ3) is 4.74. The highest BCUT2D eigenvalue weighted by atomic mass is 19.1. The molecule has 0 aromatic heterocycles. The standard InChI is InChI=1S/C23H25FN4O3/c24-18-10-8-16(9-11-18)13-26-20(29)15-27-19-7-4-12-25-21(19)22(30)28(23(27)31)14-17-5-2-1-3-6-17/h1-3,5-6,8-11,19,21,25H,4,7,12-15H2,(H,26,29). The number of nitrogens with one attached hydrogen (secondary N) is 2. The lowest BCUT2D eigenvalue weighted by atomic mass is 9.93. The minimum atomic E-state index is -0.514. The second kappa shape index (κ2) is 9.26. The highest BCUT2D eigenvalue weighted by molar-refractivity contribution is 6.01. The zero-order valence-electron chi connectivity index (χ0n) is 17.1. The number of rotatable bonds is 6. The number of fused-ring (bicyclic) bond motifs is 1.